The zero-order valence-corrected chi connectivity index (χ0v) is 14.9. The van der Waals surface area contributed by atoms with Crippen LogP contribution in [-0.4, -0.2) is 35.5 Å². The van der Waals surface area contributed by atoms with Crippen molar-refractivity contribution in [2.75, 3.05) is 13.2 Å². The summed E-state index contributed by atoms with van der Waals surface area (Å²) >= 11 is 0. The Hall–Kier alpha value is -0.600. The minimum Gasteiger partial charge on any atom is -0.373 e. The Morgan fingerprint density at radius 2 is 1.19 bits per heavy atom. The fraction of sp³-hybridized carbons (Fsp3) is 0.882. The third-order valence-electron chi connectivity index (χ3n) is 3.07. The van der Waals surface area contributed by atoms with Crippen LogP contribution < -0.4 is 11.5 Å². The van der Waals surface area contributed by atoms with Crippen LogP contribution in [0.5, 0.6) is 0 Å². The first-order chi connectivity index (χ1) is 9.18. The number of nitrogens with two attached hydrogens (primary N) is 2. The first-order valence-corrected chi connectivity index (χ1v) is 7.52. The van der Waals surface area contributed by atoms with E-state index in [2.05, 4.69) is 5.92 Å². The van der Waals surface area contributed by atoms with Crippen molar-refractivity contribution in [2.24, 2.45) is 11.5 Å². The Morgan fingerprint density at radius 1 is 0.810 bits per heavy atom. The van der Waals surface area contributed by atoms with Gasteiger partial charge in [0.15, 0.2) is 0 Å². The minimum atomic E-state index is -0.660. The lowest BCUT2D eigenvalue weighted by molar-refractivity contribution is -0.0955. The van der Waals surface area contributed by atoms with Crippen molar-refractivity contribution in [1.82, 2.24) is 0 Å². The molecule has 0 bridgehead atoms. The maximum absolute atomic E-state index is 6.04. The molecule has 0 spiro atoms. The van der Waals surface area contributed by atoms with Crippen LogP contribution in [0.25, 0.3) is 0 Å². The van der Waals surface area contributed by atoms with Gasteiger partial charge in [0.1, 0.15) is 0 Å². The zero-order chi connectivity index (χ0) is 16.9. The van der Waals surface area contributed by atoms with Crippen LogP contribution in [0.1, 0.15) is 61.3 Å². The highest BCUT2D eigenvalue weighted by Crippen LogP contribution is 2.23. The monoisotopic (exact) mass is 298 g/mol. The molecule has 1 unspecified atom stereocenters. The number of ether oxygens (including phenoxy) is 2. The van der Waals surface area contributed by atoms with Crippen molar-refractivity contribution in [1.29, 1.82) is 0 Å². The highest BCUT2D eigenvalue weighted by molar-refractivity contribution is 5.10. The molecule has 4 N–H and O–H groups in total. The standard InChI is InChI=1S/C17H34N2O2/c1-9-17(8,19)13-16(6,7)21-11-10-20-15(4,5)12-14(2,3)18/h1H,10-13,18-19H2,2-8H3. The molecule has 0 fully saturated rings. The fourth-order valence-corrected chi connectivity index (χ4v) is 2.77. The van der Waals surface area contributed by atoms with Crippen molar-refractivity contribution in [3.8, 4) is 12.3 Å². The summed E-state index contributed by atoms with van der Waals surface area (Å²) in [5.41, 5.74) is 10.5. The van der Waals surface area contributed by atoms with Crippen LogP contribution in [0.2, 0.25) is 0 Å². The van der Waals surface area contributed by atoms with Gasteiger partial charge in [-0.1, -0.05) is 5.92 Å². The summed E-state index contributed by atoms with van der Waals surface area (Å²) in [5.74, 6) is 2.59. The molecular formula is C17H34N2O2. The van der Waals surface area contributed by atoms with Gasteiger partial charge in [-0.05, 0) is 54.9 Å². The van der Waals surface area contributed by atoms with Gasteiger partial charge in [-0.25, -0.2) is 0 Å². The van der Waals surface area contributed by atoms with E-state index in [1.807, 2.05) is 48.5 Å². The Morgan fingerprint density at radius 3 is 1.52 bits per heavy atom. The molecule has 0 amide bonds. The predicted octanol–water partition coefficient (Wildman–Crippen LogP) is 2.44. The third-order valence-corrected chi connectivity index (χ3v) is 3.07. The van der Waals surface area contributed by atoms with Crippen LogP contribution in [0.15, 0.2) is 0 Å². The van der Waals surface area contributed by atoms with Gasteiger partial charge in [-0.3, -0.25) is 0 Å². The van der Waals surface area contributed by atoms with E-state index in [4.69, 9.17) is 27.4 Å². The van der Waals surface area contributed by atoms with E-state index in [1.165, 1.54) is 0 Å². The summed E-state index contributed by atoms with van der Waals surface area (Å²) in [7, 11) is 0. The molecule has 0 aliphatic heterocycles. The molecule has 0 aliphatic carbocycles. The highest BCUT2D eigenvalue weighted by atomic mass is 16.5. The predicted molar refractivity (Wildman–Crippen MR) is 89.0 cm³/mol. The summed E-state index contributed by atoms with van der Waals surface area (Å²) in [5, 5.41) is 0. The Kier molecular flexibility index (Phi) is 6.90. The van der Waals surface area contributed by atoms with Crippen molar-refractivity contribution in [3.63, 3.8) is 0 Å². The topological polar surface area (TPSA) is 70.5 Å². The quantitative estimate of drug-likeness (QED) is 0.507. The third kappa shape index (κ3) is 10.7. The number of terminal acetylenes is 1. The van der Waals surface area contributed by atoms with Gasteiger partial charge in [-0.15, -0.1) is 6.42 Å². The molecule has 1 atom stereocenters. The molecule has 0 aromatic carbocycles. The van der Waals surface area contributed by atoms with E-state index in [9.17, 15) is 0 Å². The number of hydrogen-bond acceptors (Lipinski definition) is 4. The average Bonchev–Trinajstić information content (AvgIpc) is 2.20. The van der Waals surface area contributed by atoms with Gasteiger partial charge in [0.2, 0.25) is 0 Å². The van der Waals surface area contributed by atoms with E-state index in [0.717, 1.165) is 6.42 Å². The molecule has 0 heterocycles. The van der Waals surface area contributed by atoms with Gasteiger partial charge in [-0.2, -0.15) is 0 Å². The van der Waals surface area contributed by atoms with E-state index in [-0.39, 0.29) is 16.7 Å². The lowest BCUT2D eigenvalue weighted by Crippen LogP contribution is -2.44. The molecule has 4 nitrogen and oxygen atoms in total. The van der Waals surface area contributed by atoms with E-state index < -0.39 is 5.54 Å². The van der Waals surface area contributed by atoms with Gasteiger partial charge < -0.3 is 20.9 Å². The molecule has 0 saturated carbocycles. The Labute approximate surface area is 130 Å². The van der Waals surface area contributed by atoms with Crippen molar-refractivity contribution in [3.05, 3.63) is 0 Å². The van der Waals surface area contributed by atoms with Crippen molar-refractivity contribution >= 4 is 0 Å². The summed E-state index contributed by atoms with van der Waals surface area (Å²) in [4.78, 5) is 0. The van der Waals surface area contributed by atoms with Crippen LogP contribution in [0, 0.1) is 12.3 Å². The van der Waals surface area contributed by atoms with Gasteiger partial charge >= 0.3 is 0 Å². The fourth-order valence-electron chi connectivity index (χ4n) is 2.77. The summed E-state index contributed by atoms with van der Waals surface area (Å²) in [6, 6.07) is 0. The maximum Gasteiger partial charge on any atom is 0.0772 e. The molecular weight excluding hydrogens is 264 g/mol. The van der Waals surface area contributed by atoms with E-state index in [0.29, 0.717) is 19.6 Å². The molecule has 4 heteroatoms. The molecule has 0 aromatic rings. The van der Waals surface area contributed by atoms with Crippen LogP contribution in [0.4, 0.5) is 0 Å². The van der Waals surface area contributed by atoms with Gasteiger partial charge in [0.05, 0.1) is 30.0 Å². The van der Waals surface area contributed by atoms with E-state index >= 15 is 0 Å². The second kappa shape index (κ2) is 7.11. The highest BCUT2D eigenvalue weighted by Gasteiger charge is 2.29. The Balaban J connectivity index is 4.18. The minimum absolute atomic E-state index is 0.252. The van der Waals surface area contributed by atoms with Crippen molar-refractivity contribution in [2.45, 2.75) is 83.6 Å². The largest absolute Gasteiger partial charge is 0.373 e. The van der Waals surface area contributed by atoms with Crippen LogP contribution in [0.3, 0.4) is 0 Å². The van der Waals surface area contributed by atoms with Crippen molar-refractivity contribution < 1.29 is 9.47 Å². The lowest BCUT2D eigenvalue weighted by atomic mass is 9.89. The summed E-state index contributed by atoms with van der Waals surface area (Å²) in [6.07, 6.45) is 6.79. The first kappa shape index (κ1) is 20.4. The van der Waals surface area contributed by atoms with E-state index in [1.54, 1.807) is 0 Å². The Bertz CT molecular complexity index is 360. The zero-order valence-electron chi connectivity index (χ0n) is 14.9. The first-order valence-electron chi connectivity index (χ1n) is 7.52. The smallest absolute Gasteiger partial charge is 0.0772 e. The normalized spacial score (nSPS) is 16.4. The molecule has 21 heavy (non-hydrogen) atoms. The van der Waals surface area contributed by atoms with Gasteiger partial charge in [0.25, 0.3) is 0 Å². The second-order valence-electron chi connectivity index (χ2n) is 8.12. The molecule has 0 aliphatic rings. The molecule has 0 saturated heterocycles. The molecule has 0 radical (unpaired) electrons. The van der Waals surface area contributed by atoms with Gasteiger partial charge in [0, 0.05) is 12.0 Å². The molecule has 0 rings (SSSR count). The second-order valence-corrected chi connectivity index (χ2v) is 8.12. The maximum atomic E-state index is 6.04. The SMILES string of the molecule is C#CC(C)(N)CC(C)(C)OCCOC(C)(C)CC(C)(C)N. The van der Waals surface area contributed by atoms with Crippen LogP contribution in [-0.2, 0) is 9.47 Å². The number of rotatable bonds is 9. The average molecular weight is 298 g/mol. The summed E-state index contributed by atoms with van der Waals surface area (Å²) in [6.45, 7) is 14.9. The molecule has 124 valence electrons. The van der Waals surface area contributed by atoms with Crippen LogP contribution >= 0.6 is 0 Å². The number of hydrogen-bond donors (Lipinski definition) is 2. The molecule has 0 aromatic heterocycles. The summed E-state index contributed by atoms with van der Waals surface area (Å²) < 4.78 is 11.7. The lowest BCUT2D eigenvalue weighted by Gasteiger charge is -2.34.